The van der Waals surface area contributed by atoms with Gasteiger partial charge in [0.05, 0.1) is 5.69 Å². The Kier molecular flexibility index (Phi) is 11.4. The number of likely N-dealkylation sites (N-methyl/N-ethyl adjacent to an activating group) is 1. The number of aliphatic imine (C=N–C) groups is 1. The first kappa shape index (κ1) is 24.6. The maximum Gasteiger partial charge on any atom is 0.243 e. The highest BCUT2D eigenvalue weighted by molar-refractivity contribution is 14.0. The Bertz CT molecular complexity index is 602. The van der Waals surface area contributed by atoms with Crippen molar-refractivity contribution in [3.05, 3.63) is 30.1 Å². The minimum Gasteiger partial charge on any atom is -0.354 e. The molecule has 8 heteroatoms. The standard InChI is InChI=1S/C20H34N6O.HI/c1-5-16(2)23-20(22-14-19(27)25(3)4)24-17-9-12-26(13-10-17)15-18-8-6-7-11-21-18;/h6-8,11,16-17H,5,9-10,12-15H2,1-4H3,(H2,22,23,24);1H. The van der Waals surface area contributed by atoms with E-state index in [0.29, 0.717) is 12.1 Å². The zero-order chi connectivity index (χ0) is 19.6. The molecule has 7 nitrogen and oxygen atoms in total. The molecule has 0 saturated carbocycles. The number of nitrogens with zero attached hydrogens (tertiary/aromatic N) is 4. The number of hydrogen-bond donors (Lipinski definition) is 2. The third-order valence-electron chi connectivity index (χ3n) is 4.91. The number of guanidine groups is 1. The number of carbonyl (C=O) groups is 1. The molecule has 1 aliphatic rings. The van der Waals surface area contributed by atoms with E-state index in [1.54, 1.807) is 19.0 Å². The lowest BCUT2D eigenvalue weighted by molar-refractivity contribution is -0.127. The average molecular weight is 502 g/mol. The van der Waals surface area contributed by atoms with Crippen LogP contribution >= 0.6 is 24.0 Å². The van der Waals surface area contributed by atoms with Crippen molar-refractivity contribution in [1.29, 1.82) is 0 Å². The van der Waals surface area contributed by atoms with E-state index in [-0.39, 0.29) is 36.4 Å². The summed E-state index contributed by atoms with van der Waals surface area (Å²) in [6, 6.07) is 6.75. The Balaban J connectivity index is 0.00000392. The lowest BCUT2D eigenvalue weighted by Crippen LogP contribution is -2.50. The number of halogens is 1. The third-order valence-corrected chi connectivity index (χ3v) is 4.91. The van der Waals surface area contributed by atoms with Crippen LogP contribution in [0, 0.1) is 0 Å². The summed E-state index contributed by atoms with van der Waals surface area (Å²) < 4.78 is 0. The van der Waals surface area contributed by atoms with Crippen LogP contribution in [0.15, 0.2) is 29.4 Å². The molecule has 1 unspecified atom stereocenters. The lowest BCUT2D eigenvalue weighted by atomic mass is 10.0. The number of nitrogens with one attached hydrogen (secondary N) is 2. The number of piperidine rings is 1. The quantitative estimate of drug-likeness (QED) is 0.340. The molecule has 2 rings (SSSR count). The molecule has 1 amide bonds. The van der Waals surface area contributed by atoms with Gasteiger partial charge in [-0.1, -0.05) is 13.0 Å². The van der Waals surface area contributed by atoms with E-state index in [4.69, 9.17) is 0 Å². The summed E-state index contributed by atoms with van der Waals surface area (Å²) in [5.41, 5.74) is 1.12. The van der Waals surface area contributed by atoms with Crippen LogP contribution in [0.2, 0.25) is 0 Å². The van der Waals surface area contributed by atoms with Crippen molar-refractivity contribution in [1.82, 2.24) is 25.4 Å². The van der Waals surface area contributed by atoms with Crippen LogP contribution in [0.25, 0.3) is 0 Å². The average Bonchev–Trinajstić information content (AvgIpc) is 2.67. The molecule has 0 aromatic carbocycles. The minimum atomic E-state index is 0. The first-order chi connectivity index (χ1) is 13.0. The van der Waals surface area contributed by atoms with Gasteiger partial charge in [0, 0.05) is 52.0 Å². The Hall–Kier alpha value is -1.42. The van der Waals surface area contributed by atoms with E-state index < -0.39 is 0 Å². The molecule has 1 aliphatic heterocycles. The predicted molar refractivity (Wildman–Crippen MR) is 125 cm³/mol. The van der Waals surface area contributed by atoms with Crippen LogP contribution in [0.3, 0.4) is 0 Å². The first-order valence-corrected chi connectivity index (χ1v) is 9.87. The zero-order valence-electron chi connectivity index (χ0n) is 17.5. The maximum atomic E-state index is 11.9. The Morgan fingerprint density at radius 3 is 2.64 bits per heavy atom. The molecule has 1 saturated heterocycles. The van der Waals surface area contributed by atoms with Crippen molar-refractivity contribution in [3.8, 4) is 0 Å². The Morgan fingerprint density at radius 1 is 1.36 bits per heavy atom. The Labute approximate surface area is 186 Å². The highest BCUT2D eigenvalue weighted by Crippen LogP contribution is 2.13. The second-order valence-corrected chi connectivity index (χ2v) is 7.42. The van der Waals surface area contributed by atoms with Gasteiger partial charge in [-0.2, -0.15) is 0 Å². The Morgan fingerprint density at radius 2 is 2.07 bits per heavy atom. The summed E-state index contributed by atoms with van der Waals surface area (Å²) >= 11 is 0. The summed E-state index contributed by atoms with van der Waals surface area (Å²) in [5.74, 6) is 0.744. The van der Waals surface area contributed by atoms with Gasteiger partial charge in [0.25, 0.3) is 0 Å². The molecule has 158 valence electrons. The third kappa shape index (κ3) is 8.72. The van der Waals surface area contributed by atoms with Crippen molar-refractivity contribution >= 4 is 35.8 Å². The lowest BCUT2D eigenvalue weighted by Gasteiger charge is -2.33. The van der Waals surface area contributed by atoms with Crippen molar-refractivity contribution < 1.29 is 4.79 Å². The van der Waals surface area contributed by atoms with E-state index >= 15 is 0 Å². The fourth-order valence-corrected chi connectivity index (χ4v) is 2.91. The summed E-state index contributed by atoms with van der Waals surface area (Å²) in [7, 11) is 3.51. The smallest absolute Gasteiger partial charge is 0.243 e. The van der Waals surface area contributed by atoms with Gasteiger partial charge in [-0.15, -0.1) is 24.0 Å². The summed E-state index contributed by atoms with van der Waals surface area (Å²) in [5, 5.41) is 6.93. The van der Waals surface area contributed by atoms with Gasteiger partial charge < -0.3 is 15.5 Å². The fourth-order valence-electron chi connectivity index (χ4n) is 2.91. The van der Waals surface area contributed by atoms with Crippen molar-refractivity contribution in [2.24, 2.45) is 4.99 Å². The van der Waals surface area contributed by atoms with E-state index in [2.05, 4.69) is 45.4 Å². The number of amides is 1. The van der Waals surface area contributed by atoms with Crippen molar-refractivity contribution in [2.75, 3.05) is 33.7 Å². The highest BCUT2D eigenvalue weighted by Gasteiger charge is 2.21. The summed E-state index contributed by atoms with van der Waals surface area (Å²) in [6.07, 6.45) is 4.96. The molecule has 28 heavy (non-hydrogen) atoms. The first-order valence-electron chi connectivity index (χ1n) is 9.87. The SMILES string of the molecule is CCC(C)NC(=NCC(=O)N(C)C)NC1CCN(Cc2ccccn2)CC1.I. The molecule has 1 aromatic rings. The second kappa shape index (κ2) is 12.9. The number of rotatable bonds is 7. The molecule has 2 heterocycles. The molecule has 0 bridgehead atoms. The van der Waals surface area contributed by atoms with Crippen LogP contribution in [0.5, 0.6) is 0 Å². The van der Waals surface area contributed by atoms with Gasteiger partial charge in [0.15, 0.2) is 5.96 Å². The monoisotopic (exact) mass is 502 g/mol. The number of carbonyl (C=O) groups excluding carboxylic acids is 1. The largest absolute Gasteiger partial charge is 0.354 e. The van der Waals surface area contributed by atoms with Crippen LogP contribution in [0.4, 0.5) is 0 Å². The number of pyridine rings is 1. The van der Waals surface area contributed by atoms with Gasteiger partial charge in [0.1, 0.15) is 6.54 Å². The second-order valence-electron chi connectivity index (χ2n) is 7.42. The molecule has 1 atom stereocenters. The van der Waals surface area contributed by atoms with Gasteiger partial charge in [-0.25, -0.2) is 4.99 Å². The molecular weight excluding hydrogens is 467 g/mol. The molecule has 1 aromatic heterocycles. The maximum absolute atomic E-state index is 11.9. The molecule has 0 radical (unpaired) electrons. The molecule has 0 aliphatic carbocycles. The normalized spacial score (nSPS) is 16.8. The topological polar surface area (TPSA) is 72.9 Å². The van der Waals surface area contributed by atoms with E-state index in [9.17, 15) is 4.79 Å². The number of likely N-dealkylation sites (tertiary alicyclic amines) is 1. The van der Waals surface area contributed by atoms with Gasteiger partial charge >= 0.3 is 0 Å². The summed E-state index contributed by atoms with van der Waals surface area (Å²) in [4.78, 5) is 24.8. The fraction of sp³-hybridized carbons (Fsp3) is 0.650. The highest BCUT2D eigenvalue weighted by atomic mass is 127. The molecular formula is C20H35IN6O. The van der Waals surface area contributed by atoms with Crippen molar-refractivity contribution in [2.45, 2.75) is 51.7 Å². The number of aromatic nitrogens is 1. The van der Waals surface area contributed by atoms with E-state index in [0.717, 1.165) is 50.6 Å². The van der Waals surface area contributed by atoms with Crippen LogP contribution < -0.4 is 10.6 Å². The van der Waals surface area contributed by atoms with Crippen molar-refractivity contribution in [3.63, 3.8) is 0 Å². The van der Waals surface area contributed by atoms with Gasteiger partial charge in [0.2, 0.25) is 5.91 Å². The van der Waals surface area contributed by atoms with Gasteiger partial charge in [-0.05, 0) is 38.3 Å². The van der Waals surface area contributed by atoms with Crippen LogP contribution in [-0.2, 0) is 11.3 Å². The molecule has 1 fully saturated rings. The van der Waals surface area contributed by atoms with E-state index in [1.165, 1.54) is 0 Å². The number of hydrogen-bond acceptors (Lipinski definition) is 4. The molecule has 2 N–H and O–H groups in total. The molecule has 0 spiro atoms. The summed E-state index contributed by atoms with van der Waals surface area (Å²) in [6.45, 7) is 7.38. The minimum absolute atomic E-state index is 0. The van der Waals surface area contributed by atoms with Crippen LogP contribution in [0.1, 0.15) is 38.8 Å². The van der Waals surface area contributed by atoms with E-state index in [1.807, 2.05) is 18.3 Å². The predicted octanol–water partition coefficient (Wildman–Crippen LogP) is 2.09. The van der Waals surface area contributed by atoms with Gasteiger partial charge in [-0.3, -0.25) is 14.7 Å². The zero-order valence-corrected chi connectivity index (χ0v) is 19.8. The van der Waals surface area contributed by atoms with Crippen LogP contribution in [-0.4, -0.2) is 72.5 Å².